The summed E-state index contributed by atoms with van der Waals surface area (Å²) in [4.78, 5) is 0. The van der Waals surface area contributed by atoms with Crippen molar-refractivity contribution in [2.75, 3.05) is 13.1 Å². The zero-order valence-electron chi connectivity index (χ0n) is 9.93. The first kappa shape index (κ1) is 14.4. The van der Waals surface area contributed by atoms with Crippen molar-refractivity contribution < 1.29 is 8.78 Å². The third-order valence-electron chi connectivity index (χ3n) is 2.62. The number of alkyl halides is 3. The summed E-state index contributed by atoms with van der Waals surface area (Å²) < 4.78 is 27.3. The first-order valence-corrected chi connectivity index (χ1v) is 6.28. The van der Waals surface area contributed by atoms with Gasteiger partial charge in [-0.3, -0.25) is 0 Å². The molecule has 0 saturated heterocycles. The topological polar surface area (TPSA) is 12.0 Å². The Hall–Kier alpha value is -0.670. The second-order valence-corrected chi connectivity index (χ2v) is 4.66. The monoisotopic (exact) mass is 261 g/mol. The molecule has 0 aliphatic carbocycles. The minimum Gasteiger partial charge on any atom is -0.311 e. The highest BCUT2D eigenvalue weighted by molar-refractivity contribution is 6.20. The van der Waals surface area contributed by atoms with Gasteiger partial charge in [0, 0.05) is 10.9 Å². The van der Waals surface area contributed by atoms with Crippen LogP contribution in [0.2, 0.25) is 0 Å². The molecule has 0 fully saturated rings. The molecule has 0 heterocycles. The standard InChI is InChI=1S/C13H18ClF2N/c1-2-12(14)8-9-17-10-13(15,16)11-6-4-3-5-7-11/h3-7,12,17H,2,8-10H2,1H3. The van der Waals surface area contributed by atoms with E-state index in [9.17, 15) is 8.78 Å². The molecule has 1 unspecified atom stereocenters. The molecule has 1 nitrogen and oxygen atoms in total. The fourth-order valence-corrected chi connectivity index (χ4v) is 1.60. The molecule has 1 rings (SSSR count). The van der Waals surface area contributed by atoms with Crippen molar-refractivity contribution in [3.63, 3.8) is 0 Å². The number of benzene rings is 1. The van der Waals surface area contributed by atoms with E-state index in [1.54, 1.807) is 18.2 Å². The van der Waals surface area contributed by atoms with Crippen LogP contribution >= 0.6 is 11.6 Å². The predicted octanol–water partition coefficient (Wildman–Crippen LogP) is 3.78. The van der Waals surface area contributed by atoms with Crippen molar-refractivity contribution in [2.45, 2.75) is 31.1 Å². The van der Waals surface area contributed by atoms with Gasteiger partial charge in [0.25, 0.3) is 5.92 Å². The largest absolute Gasteiger partial charge is 0.311 e. The molecule has 17 heavy (non-hydrogen) atoms. The van der Waals surface area contributed by atoms with Gasteiger partial charge in [-0.1, -0.05) is 37.3 Å². The van der Waals surface area contributed by atoms with Gasteiger partial charge < -0.3 is 5.32 Å². The Labute approximate surface area is 106 Å². The van der Waals surface area contributed by atoms with Gasteiger partial charge in [-0.25, -0.2) is 0 Å². The highest BCUT2D eigenvalue weighted by Crippen LogP contribution is 2.26. The SMILES string of the molecule is CCC(Cl)CCNCC(F)(F)c1ccccc1. The van der Waals surface area contributed by atoms with Gasteiger partial charge >= 0.3 is 0 Å². The summed E-state index contributed by atoms with van der Waals surface area (Å²) in [6, 6.07) is 7.85. The van der Waals surface area contributed by atoms with Crippen LogP contribution < -0.4 is 5.32 Å². The van der Waals surface area contributed by atoms with Gasteiger partial charge in [0.15, 0.2) is 0 Å². The second kappa shape index (κ2) is 6.92. The second-order valence-electron chi connectivity index (χ2n) is 4.04. The Morgan fingerprint density at radius 1 is 1.29 bits per heavy atom. The van der Waals surface area contributed by atoms with Crippen LogP contribution in [0.3, 0.4) is 0 Å². The van der Waals surface area contributed by atoms with Crippen molar-refractivity contribution in [2.24, 2.45) is 0 Å². The minimum atomic E-state index is -2.82. The molecule has 0 radical (unpaired) electrons. The summed E-state index contributed by atoms with van der Waals surface area (Å²) in [6.45, 7) is 2.16. The van der Waals surface area contributed by atoms with Crippen molar-refractivity contribution in [3.05, 3.63) is 35.9 Å². The zero-order chi connectivity index (χ0) is 12.7. The normalized spacial score (nSPS) is 13.6. The Balaban J connectivity index is 2.35. The third kappa shape index (κ3) is 5.00. The lowest BCUT2D eigenvalue weighted by atomic mass is 10.1. The van der Waals surface area contributed by atoms with Crippen molar-refractivity contribution in [1.29, 1.82) is 0 Å². The summed E-state index contributed by atoms with van der Waals surface area (Å²) in [5.74, 6) is -2.82. The third-order valence-corrected chi connectivity index (χ3v) is 3.15. The molecule has 0 aromatic heterocycles. The van der Waals surface area contributed by atoms with Gasteiger partial charge in [-0.15, -0.1) is 11.6 Å². The molecular formula is C13H18ClF2N. The Kier molecular flexibility index (Phi) is 5.86. The highest BCUT2D eigenvalue weighted by atomic mass is 35.5. The van der Waals surface area contributed by atoms with E-state index in [1.807, 2.05) is 6.92 Å². The lowest BCUT2D eigenvalue weighted by Gasteiger charge is -2.17. The van der Waals surface area contributed by atoms with E-state index in [4.69, 9.17) is 11.6 Å². The van der Waals surface area contributed by atoms with E-state index in [0.717, 1.165) is 6.42 Å². The predicted molar refractivity (Wildman–Crippen MR) is 67.8 cm³/mol. The molecule has 1 atom stereocenters. The minimum absolute atomic E-state index is 0.0467. The summed E-state index contributed by atoms with van der Waals surface area (Å²) in [6.07, 6.45) is 1.57. The van der Waals surface area contributed by atoms with Gasteiger partial charge in [0.2, 0.25) is 0 Å². The van der Waals surface area contributed by atoms with Crippen molar-refractivity contribution in [3.8, 4) is 0 Å². The quantitative estimate of drug-likeness (QED) is 0.582. The lowest BCUT2D eigenvalue weighted by molar-refractivity contribution is -0.00299. The van der Waals surface area contributed by atoms with Crippen LogP contribution in [0.25, 0.3) is 0 Å². The number of halogens is 3. The molecule has 0 saturated carbocycles. The molecular weight excluding hydrogens is 244 g/mol. The highest BCUT2D eigenvalue weighted by Gasteiger charge is 2.30. The molecule has 4 heteroatoms. The van der Waals surface area contributed by atoms with Crippen molar-refractivity contribution in [1.82, 2.24) is 5.32 Å². The Morgan fingerprint density at radius 2 is 1.94 bits per heavy atom. The van der Waals surface area contributed by atoms with Gasteiger partial charge in [0.1, 0.15) is 0 Å². The first-order chi connectivity index (χ1) is 8.06. The Morgan fingerprint density at radius 3 is 2.53 bits per heavy atom. The molecule has 96 valence electrons. The number of hydrogen-bond acceptors (Lipinski definition) is 1. The molecule has 0 bridgehead atoms. The van der Waals surface area contributed by atoms with E-state index in [1.165, 1.54) is 12.1 Å². The number of hydrogen-bond donors (Lipinski definition) is 1. The first-order valence-electron chi connectivity index (χ1n) is 5.84. The molecule has 1 N–H and O–H groups in total. The van der Waals surface area contributed by atoms with Crippen LogP contribution in [0.15, 0.2) is 30.3 Å². The maximum Gasteiger partial charge on any atom is 0.285 e. The van der Waals surface area contributed by atoms with E-state index < -0.39 is 5.92 Å². The van der Waals surface area contributed by atoms with Crippen LogP contribution in [-0.4, -0.2) is 18.5 Å². The summed E-state index contributed by atoms with van der Waals surface area (Å²) in [7, 11) is 0. The van der Waals surface area contributed by atoms with E-state index in [-0.39, 0.29) is 17.5 Å². The van der Waals surface area contributed by atoms with Gasteiger partial charge in [-0.2, -0.15) is 8.78 Å². The fraction of sp³-hybridized carbons (Fsp3) is 0.538. The van der Waals surface area contributed by atoms with Crippen LogP contribution in [0, 0.1) is 0 Å². The van der Waals surface area contributed by atoms with Crippen LogP contribution in [0.1, 0.15) is 25.3 Å². The van der Waals surface area contributed by atoms with Gasteiger partial charge in [-0.05, 0) is 19.4 Å². The molecule has 0 aliphatic heterocycles. The fourth-order valence-electron chi connectivity index (χ4n) is 1.49. The van der Waals surface area contributed by atoms with Crippen LogP contribution in [0.4, 0.5) is 8.78 Å². The van der Waals surface area contributed by atoms with Gasteiger partial charge in [0.05, 0.1) is 6.54 Å². The zero-order valence-corrected chi connectivity index (χ0v) is 10.7. The van der Waals surface area contributed by atoms with E-state index >= 15 is 0 Å². The summed E-state index contributed by atoms with van der Waals surface area (Å²) in [5.41, 5.74) is 0.0467. The van der Waals surface area contributed by atoms with E-state index in [0.29, 0.717) is 13.0 Å². The average molecular weight is 262 g/mol. The maximum absolute atomic E-state index is 13.7. The summed E-state index contributed by atoms with van der Waals surface area (Å²) >= 11 is 5.90. The summed E-state index contributed by atoms with van der Waals surface area (Å²) in [5, 5.41) is 2.82. The van der Waals surface area contributed by atoms with Crippen LogP contribution in [0.5, 0.6) is 0 Å². The molecule has 0 amide bonds. The molecule has 0 aliphatic rings. The molecule has 1 aromatic rings. The van der Waals surface area contributed by atoms with E-state index in [2.05, 4.69) is 5.32 Å². The molecule has 1 aromatic carbocycles. The lowest BCUT2D eigenvalue weighted by Crippen LogP contribution is -2.32. The smallest absolute Gasteiger partial charge is 0.285 e. The number of nitrogens with one attached hydrogen (secondary N) is 1. The average Bonchev–Trinajstić information content (AvgIpc) is 2.35. The Bertz CT molecular complexity index is 316. The molecule has 0 spiro atoms. The number of rotatable bonds is 7. The maximum atomic E-state index is 13.7. The van der Waals surface area contributed by atoms with Crippen LogP contribution in [-0.2, 0) is 5.92 Å². The van der Waals surface area contributed by atoms with Crippen molar-refractivity contribution >= 4 is 11.6 Å².